The van der Waals surface area contributed by atoms with Crippen LogP contribution >= 0.6 is 0 Å². The molecule has 20 heavy (non-hydrogen) atoms. The van der Waals surface area contributed by atoms with Crippen LogP contribution in [0.3, 0.4) is 0 Å². The second-order valence-corrected chi connectivity index (χ2v) is 4.96. The quantitative estimate of drug-likeness (QED) is 0.637. The summed E-state index contributed by atoms with van der Waals surface area (Å²) in [7, 11) is 0. The van der Waals surface area contributed by atoms with Crippen LogP contribution in [0.1, 0.15) is 31.0 Å². The molecule has 0 aromatic carbocycles. The number of rotatable bonds is 2. The van der Waals surface area contributed by atoms with Crippen LogP contribution < -0.4 is 0 Å². The first kappa shape index (κ1) is 14.5. The minimum Gasteiger partial charge on any atom is -0.407 e. The van der Waals surface area contributed by atoms with Gasteiger partial charge in [-0.1, -0.05) is 13.8 Å². The molecule has 1 aliphatic rings. The highest BCUT2D eigenvalue weighted by atomic mass is 16.5. The highest BCUT2D eigenvalue weighted by molar-refractivity contribution is 5.98. The summed E-state index contributed by atoms with van der Waals surface area (Å²) in [6.07, 6.45) is 1.62. The molecular formula is C14H20N4O2. The van der Waals surface area contributed by atoms with Crippen molar-refractivity contribution < 1.29 is 9.47 Å². The van der Waals surface area contributed by atoms with Crippen molar-refractivity contribution in [1.29, 1.82) is 10.8 Å². The number of nitrogens with one attached hydrogen (secondary N) is 2. The molecule has 1 fully saturated rings. The minimum atomic E-state index is -0.0516. The predicted molar refractivity (Wildman–Crippen MR) is 76.4 cm³/mol. The molecular weight excluding hydrogens is 256 g/mol. The van der Waals surface area contributed by atoms with E-state index in [1.165, 1.54) is 0 Å². The van der Waals surface area contributed by atoms with Gasteiger partial charge in [-0.2, -0.15) is 0 Å². The maximum atomic E-state index is 7.90. The lowest BCUT2D eigenvalue weighted by molar-refractivity contribution is 0.0605. The first-order valence-electron chi connectivity index (χ1n) is 6.72. The molecule has 1 aromatic rings. The lowest BCUT2D eigenvalue weighted by Gasteiger charge is -2.27. The van der Waals surface area contributed by atoms with Crippen molar-refractivity contribution in [3.63, 3.8) is 0 Å². The maximum Gasteiger partial charge on any atom is 0.291 e. The zero-order chi connectivity index (χ0) is 14.5. The van der Waals surface area contributed by atoms with E-state index < -0.39 is 0 Å². The molecule has 0 amide bonds. The van der Waals surface area contributed by atoms with E-state index in [9.17, 15) is 0 Å². The van der Waals surface area contributed by atoms with Gasteiger partial charge < -0.3 is 14.4 Å². The Kier molecular flexibility index (Phi) is 4.68. The Bertz CT molecular complexity index is 478. The van der Waals surface area contributed by atoms with E-state index in [0.717, 1.165) is 5.69 Å². The van der Waals surface area contributed by atoms with Crippen LogP contribution in [0, 0.1) is 10.8 Å². The van der Waals surface area contributed by atoms with E-state index in [4.69, 9.17) is 20.3 Å². The number of hydrogen-bond donors (Lipinski definition) is 2. The molecule has 1 aromatic heterocycles. The fraction of sp³-hybridized carbons (Fsp3) is 0.500. The summed E-state index contributed by atoms with van der Waals surface area (Å²) in [6, 6.07) is 3.68. The van der Waals surface area contributed by atoms with Crippen LogP contribution in [0.2, 0.25) is 0 Å². The summed E-state index contributed by atoms with van der Waals surface area (Å²) in [5, 5.41) is 15.8. The summed E-state index contributed by atoms with van der Waals surface area (Å²) in [5.74, 6) is 0.301. The van der Waals surface area contributed by atoms with Gasteiger partial charge in [0, 0.05) is 25.0 Å². The second kappa shape index (κ2) is 6.47. The number of nitrogens with zero attached hydrogens (tertiary/aromatic N) is 2. The molecule has 0 bridgehead atoms. The van der Waals surface area contributed by atoms with E-state index in [1.807, 2.05) is 6.07 Å². The predicted octanol–water partition coefficient (Wildman–Crippen LogP) is 1.81. The molecule has 6 nitrogen and oxygen atoms in total. The Morgan fingerprint density at radius 1 is 1.30 bits per heavy atom. The highest BCUT2D eigenvalue weighted by Crippen LogP contribution is 2.12. The largest absolute Gasteiger partial charge is 0.407 e. The van der Waals surface area contributed by atoms with Crippen molar-refractivity contribution in [2.45, 2.75) is 19.8 Å². The van der Waals surface area contributed by atoms with Gasteiger partial charge in [0.2, 0.25) is 5.90 Å². The third-order valence-corrected chi connectivity index (χ3v) is 3.14. The summed E-state index contributed by atoms with van der Waals surface area (Å²) < 4.78 is 10.5. The molecule has 2 heterocycles. The first-order chi connectivity index (χ1) is 9.58. The average Bonchev–Trinajstić information content (AvgIpc) is 2.48. The van der Waals surface area contributed by atoms with Gasteiger partial charge in [-0.25, -0.2) is 0 Å². The van der Waals surface area contributed by atoms with Crippen molar-refractivity contribution in [1.82, 2.24) is 9.88 Å². The molecule has 2 N–H and O–H groups in total. The van der Waals surface area contributed by atoms with Crippen LogP contribution in [0.4, 0.5) is 0 Å². The fourth-order valence-corrected chi connectivity index (χ4v) is 1.87. The minimum absolute atomic E-state index is 0.00811. The van der Waals surface area contributed by atoms with Gasteiger partial charge in [-0.15, -0.1) is 0 Å². The molecule has 6 heteroatoms. The van der Waals surface area contributed by atoms with E-state index in [1.54, 1.807) is 17.2 Å². The fourth-order valence-electron chi connectivity index (χ4n) is 1.87. The lowest BCUT2D eigenvalue weighted by Crippen LogP contribution is -2.42. The highest BCUT2D eigenvalue weighted by Gasteiger charge is 2.17. The van der Waals surface area contributed by atoms with Gasteiger partial charge in [0.05, 0.1) is 18.8 Å². The molecule has 0 aliphatic carbocycles. The molecule has 0 radical (unpaired) electrons. The van der Waals surface area contributed by atoms with Crippen molar-refractivity contribution in [2.75, 3.05) is 26.3 Å². The maximum absolute atomic E-state index is 7.90. The summed E-state index contributed by atoms with van der Waals surface area (Å²) in [5.41, 5.74) is 1.55. The molecule has 2 rings (SSSR count). The molecule has 1 saturated heterocycles. The smallest absolute Gasteiger partial charge is 0.291 e. The van der Waals surface area contributed by atoms with Crippen LogP contribution in [-0.2, 0) is 9.47 Å². The third-order valence-electron chi connectivity index (χ3n) is 3.14. The average molecular weight is 276 g/mol. The number of amidine groups is 1. The molecule has 0 spiro atoms. The van der Waals surface area contributed by atoms with Crippen molar-refractivity contribution >= 4 is 11.9 Å². The summed E-state index contributed by atoms with van der Waals surface area (Å²) in [6.45, 7) is 6.55. The summed E-state index contributed by atoms with van der Waals surface area (Å²) in [4.78, 5) is 6.05. The van der Waals surface area contributed by atoms with E-state index in [-0.39, 0.29) is 11.9 Å². The Morgan fingerprint density at radius 2 is 2.00 bits per heavy atom. The van der Waals surface area contributed by atoms with E-state index >= 15 is 0 Å². The molecule has 1 aliphatic heterocycles. The lowest BCUT2D eigenvalue weighted by atomic mass is 10.1. The number of morpholine rings is 1. The summed E-state index contributed by atoms with van der Waals surface area (Å²) >= 11 is 0. The Labute approximate surface area is 118 Å². The first-order valence-corrected chi connectivity index (χ1v) is 6.72. The number of aromatic nitrogens is 1. The topological polar surface area (TPSA) is 82.3 Å². The molecule has 0 saturated carbocycles. The Morgan fingerprint density at radius 3 is 2.55 bits per heavy atom. The van der Waals surface area contributed by atoms with Crippen LogP contribution in [0.15, 0.2) is 18.3 Å². The van der Waals surface area contributed by atoms with Crippen molar-refractivity contribution in [2.24, 2.45) is 0 Å². The molecule has 108 valence electrons. The van der Waals surface area contributed by atoms with Crippen molar-refractivity contribution in [3.8, 4) is 0 Å². The number of hydrogen-bond acceptors (Lipinski definition) is 5. The van der Waals surface area contributed by atoms with Gasteiger partial charge in [0.1, 0.15) is 0 Å². The van der Waals surface area contributed by atoms with E-state index in [0.29, 0.717) is 37.8 Å². The second-order valence-electron chi connectivity index (χ2n) is 4.96. The van der Waals surface area contributed by atoms with Crippen LogP contribution in [0.25, 0.3) is 0 Å². The van der Waals surface area contributed by atoms with Gasteiger partial charge in [0.25, 0.3) is 6.02 Å². The zero-order valence-electron chi connectivity index (χ0n) is 11.8. The van der Waals surface area contributed by atoms with Crippen LogP contribution in [-0.4, -0.2) is 48.1 Å². The molecule has 0 unspecified atom stereocenters. The number of ether oxygens (including phenoxy) is 2. The van der Waals surface area contributed by atoms with E-state index in [2.05, 4.69) is 18.8 Å². The third kappa shape index (κ3) is 3.54. The van der Waals surface area contributed by atoms with Crippen molar-refractivity contribution in [3.05, 3.63) is 29.6 Å². The van der Waals surface area contributed by atoms with Gasteiger partial charge >= 0.3 is 0 Å². The normalized spacial score (nSPS) is 15.2. The Balaban J connectivity index is 1.95. The Hall–Kier alpha value is -1.95. The standard InChI is InChI=1S/C14H20N4O2/c1-10(2)12-4-3-11(9-17-12)13(15)20-14(16)18-5-7-19-8-6-18/h3-4,9-10,15-16H,5-8H2,1-2H3. The monoisotopic (exact) mass is 276 g/mol. The van der Waals surface area contributed by atoms with Gasteiger partial charge in [-0.3, -0.25) is 15.8 Å². The SMILES string of the molecule is CC(C)c1ccc(C(=N)OC(=N)N2CCOCC2)cn1. The molecule has 0 atom stereocenters. The van der Waals surface area contributed by atoms with Gasteiger partial charge in [0.15, 0.2) is 0 Å². The van der Waals surface area contributed by atoms with Crippen LogP contribution in [0.5, 0.6) is 0 Å². The van der Waals surface area contributed by atoms with Gasteiger partial charge in [-0.05, 0) is 18.1 Å². The number of pyridine rings is 1. The zero-order valence-corrected chi connectivity index (χ0v) is 11.8.